The molecule has 0 radical (unpaired) electrons. The Morgan fingerprint density at radius 3 is 2.55 bits per heavy atom. The third-order valence-corrected chi connectivity index (χ3v) is 4.56. The quantitative estimate of drug-likeness (QED) is 0.608. The van der Waals surface area contributed by atoms with Gasteiger partial charge < -0.3 is 15.2 Å². The van der Waals surface area contributed by atoms with Crippen LogP contribution in [0, 0.1) is 0 Å². The van der Waals surface area contributed by atoms with Crippen molar-refractivity contribution in [2.75, 3.05) is 11.9 Å². The summed E-state index contributed by atoms with van der Waals surface area (Å²) in [6.07, 6.45) is 0. The van der Waals surface area contributed by atoms with Gasteiger partial charge in [0.2, 0.25) is 0 Å². The second kappa shape index (κ2) is 4.85. The average molecular weight is 319 g/mol. The summed E-state index contributed by atoms with van der Waals surface area (Å²) in [6.45, 7) is 1.80. The van der Waals surface area contributed by atoms with Crippen molar-refractivity contribution in [3.8, 4) is 11.5 Å². The van der Waals surface area contributed by atoms with Gasteiger partial charge in [0.05, 0.1) is 6.61 Å². The predicted octanol–water partition coefficient (Wildman–Crippen LogP) is -0.766. The lowest BCUT2D eigenvalue weighted by Crippen LogP contribution is -2.35. The van der Waals surface area contributed by atoms with Crippen LogP contribution in [0.2, 0.25) is 0 Å². The number of aromatic nitrogens is 1. The molecule has 4 N–H and O–H groups in total. The number of nitrogens with one attached hydrogen (secondary N) is 1. The Bertz CT molecular complexity index is 831. The van der Waals surface area contributed by atoms with Gasteiger partial charge in [-0.05, 0) is 18.5 Å². The lowest BCUT2D eigenvalue weighted by atomic mass is 10.2. The van der Waals surface area contributed by atoms with Crippen LogP contribution < -0.4 is 26.1 Å². The molecule has 0 amide bonds. The second-order valence-corrected chi connectivity index (χ2v) is 6.16. The molecule has 1 aromatic carbocycles. The number of rotatable bonds is 5. The molecule has 20 heavy (non-hydrogen) atoms. The highest BCUT2D eigenvalue weighted by molar-refractivity contribution is 7.91. The Morgan fingerprint density at radius 2 is 2.05 bits per heavy atom. The van der Waals surface area contributed by atoms with Crippen molar-refractivity contribution >= 4 is 33.1 Å². The van der Waals surface area contributed by atoms with E-state index in [4.69, 9.17) is 9.88 Å². The molecular weight excluding hydrogens is 310 g/mol. The van der Waals surface area contributed by atoms with E-state index in [9.17, 15) is 23.1 Å². The molecule has 0 unspecified atom stereocenters. The maximum absolute atomic E-state index is 11.4. The monoisotopic (exact) mass is 319 g/mol. The number of hydrogen-bond acceptors (Lipinski definition) is 9. The van der Waals surface area contributed by atoms with Crippen LogP contribution in [-0.4, -0.2) is 24.5 Å². The number of hydrogen-bond donors (Lipinski definition) is 3. The highest BCUT2D eigenvalue weighted by atomic mass is 32.2. The van der Waals surface area contributed by atoms with Crippen LogP contribution in [0.3, 0.4) is 0 Å². The fraction of sp³-hybridized carbons (Fsp3) is 0.222. The minimum Gasteiger partial charge on any atom is -0.503 e. The smallest absolute Gasteiger partial charge is 0.272 e. The molecule has 2 rings (SSSR count). The summed E-state index contributed by atoms with van der Waals surface area (Å²) in [5, 5.41) is 16.9. The predicted molar refractivity (Wildman–Crippen MR) is 71.0 cm³/mol. The van der Waals surface area contributed by atoms with E-state index in [1.165, 1.54) is 0 Å². The van der Waals surface area contributed by atoms with Crippen LogP contribution in [0.25, 0.3) is 0 Å². The van der Waals surface area contributed by atoms with E-state index in [0.29, 0.717) is 11.5 Å². The standard InChI is InChI=1S/C9H9N3O6S2/c1-2-18-7-3(4(13)5(7)14)11-8-6(15)9(19-12-8)20(10,16)17/h15H,2H2,1H3,(H,11,12)(H2,10,16,17). The van der Waals surface area contributed by atoms with Crippen molar-refractivity contribution in [2.24, 2.45) is 5.14 Å². The summed E-state index contributed by atoms with van der Waals surface area (Å²) < 4.78 is 30.3. The van der Waals surface area contributed by atoms with Crippen molar-refractivity contribution in [1.82, 2.24) is 4.37 Å². The lowest BCUT2D eigenvalue weighted by molar-refractivity contribution is 0.335. The van der Waals surface area contributed by atoms with E-state index in [0.717, 1.165) is 0 Å². The summed E-state index contributed by atoms with van der Waals surface area (Å²) in [5.41, 5.74) is -1.81. The fourth-order valence-corrected chi connectivity index (χ4v) is 2.81. The normalized spacial score (nSPS) is 11.7. The number of sulfonamides is 1. The van der Waals surface area contributed by atoms with E-state index in [2.05, 4.69) is 9.69 Å². The van der Waals surface area contributed by atoms with Gasteiger partial charge in [0.15, 0.2) is 21.5 Å². The molecule has 11 heteroatoms. The number of primary sulfonamides is 1. The molecule has 0 atom stereocenters. The molecule has 0 aliphatic carbocycles. The lowest BCUT2D eigenvalue weighted by Gasteiger charge is -2.11. The number of nitrogens with zero attached hydrogens (tertiary/aromatic N) is 1. The zero-order valence-electron chi connectivity index (χ0n) is 10.0. The van der Waals surface area contributed by atoms with Crippen molar-refractivity contribution in [3.05, 3.63) is 20.4 Å². The van der Waals surface area contributed by atoms with Gasteiger partial charge in [0.25, 0.3) is 20.9 Å². The summed E-state index contributed by atoms with van der Waals surface area (Å²) >= 11 is 0.441. The Kier molecular flexibility index (Phi) is 3.50. The van der Waals surface area contributed by atoms with Crippen molar-refractivity contribution in [1.29, 1.82) is 0 Å². The van der Waals surface area contributed by atoms with Crippen molar-refractivity contribution < 1.29 is 18.3 Å². The fourth-order valence-electron chi connectivity index (χ4n) is 1.42. The highest BCUT2D eigenvalue weighted by Gasteiger charge is 2.27. The Hall–Kier alpha value is -1.98. The van der Waals surface area contributed by atoms with Gasteiger partial charge in [-0.3, -0.25) is 9.59 Å². The van der Waals surface area contributed by atoms with Gasteiger partial charge in [-0.1, -0.05) is 0 Å². The topological polar surface area (TPSA) is 149 Å². The molecule has 108 valence electrons. The molecule has 0 saturated carbocycles. The first-order valence-corrected chi connectivity index (χ1v) is 7.53. The van der Waals surface area contributed by atoms with E-state index in [-0.39, 0.29) is 23.9 Å². The van der Waals surface area contributed by atoms with E-state index >= 15 is 0 Å². The first kappa shape index (κ1) is 14.4. The molecule has 2 aromatic rings. The first-order valence-electron chi connectivity index (χ1n) is 5.22. The van der Waals surface area contributed by atoms with Crippen LogP contribution in [0.4, 0.5) is 11.5 Å². The Balaban J connectivity index is 2.38. The summed E-state index contributed by atoms with van der Waals surface area (Å²) in [5.74, 6) is -1.18. The molecule has 0 aliphatic rings. The summed E-state index contributed by atoms with van der Waals surface area (Å²) in [4.78, 5) is 22.6. The van der Waals surface area contributed by atoms with Crippen LogP contribution >= 0.6 is 11.5 Å². The van der Waals surface area contributed by atoms with Crippen molar-refractivity contribution in [3.63, 3.8) is 0 Å². The zero-order chi connectivity index (χ0) is 15.1. The SMILES string of the molecule is CCOc1c(Nc2nsc(S(N)(=O)=O)c2O)c(=O)c1=O. The maximum Gasteiger partial charge on any atom is 0.272 e. The van der Waals surface area contributed by atoms with Crippen molar-refractivity contribution in [2.45, 2.75) is 11.1 Å². The van der Waals surface area contributed by atoms with Gasteiger partial charge in [-0.2, -0.15) is 4.37 Å². The molecular formula is C9H9N3O6S2. The zero-order valence-corrected chi connectivity index (χ0v) is 11.7. The van der Waals surface area contributed by atoms with Crippen LogP contribution in [-0.2, 0) is 10.0 Å². The van der Waals surface area contributed by atoms with E-state index in [1.54, 1.807) is 6.92 Å². The highest BCUT2D eigenvalue weighted by Crippen LogP contribution is 2.36. The summed E-state index contributed by atoms with van der Waals surface area (Å²) in [6, 6.07) is 0. The third-order valence-electron chi connectivity index (χ3n) is 2.29. The molecule has 0 saturated heterocycles. The molecule has 0 fully saturated rings. The largest absolute Gasteiger partial charge is 0.503 e. The minimum absolute atomic E-state index is 0.172. The van der Waals surface area contributed by atoms with Gasteiger partial charge in [-0.25, -0.2) is 13.6 Å². The van der Waals surface area contributed by atoms with Gasteiger partial charge >= 0.3 is 0 Å². The Labute approximate surface area is 116 Å². The molecule has 0 spiro atoms. The van der Waals surface area contributed by atoms with Gasteiger partial charge in [-0.15, -0.1) is 0 Å². The maximum atomic E-state index is 11.4. The van der Waals surface area contributed by atoms with Crippen LogP contribution in [0.15, 0.2) is 13.8 Å². The van der Waals surface area contributed by atoms with Gasteiger partial charge in [0, 0.05) is 0 Å². The number of ether oxygens (including phenoxy) is 1. The minimum atomic E-state index is -4.12. The average Bonchev–Trinajstić information content (AvgIpc) is 2.74. The van der Waals surface area contributed by atoms with E-state index < -0.39 is 30.8 Å². The molecule has 0 aliphatic heterocycles. The number of aromatic hydroxyl groups is 1. The molecule has 1 heterocycles. The van der Waals surface area contributed by atoms with Crippen LogP contribution in [0.5, 0.6) is 11.5 Å². The molecule has 0 bridgehead atoms. The van der Waals surface area contributed by atoms with Crippen LogP contribution in [0.1, 0.15) is 6.92 Å². The van der Waals surface area contributed by atoms with E-state index in [1.807, 2.05) is 0 Å². The number of anilines is 2. The number of nitrogens with two attached hydrogens (primary N) is 1. The summed E-state index contributed by atoms with van der Waals surface area (Å²) in [7, 11) is -4.12. The molecule has 9 nitrogen and oxygen atoms in total. The Morgan fingerprint density at radius 1 is 1.40 bits per heavy atom. The second-order valence-electron chi connectivity index (χ2n) is 3.63. The first-order chi connectivity index (χ1) is 9.27. The third kappa shape index (κ3) is 2.26. The molecule has 1 aromatic heterocycles. The van der Waals surface area contributed by atoms with Gasteiger partial charge in [0.1, 0.15) is 5.69 Å².